The molecule has 130 valence electrons. The fourth-order valence-electron chi connectivity index (χ4n) is 4.75. The summed E-state index contributed by atoms with van der Waals surface area (Å²) in [4.78, 5) is 49.3. The number of nitrogens with zero attached hydrogens (tertiary/aromatic N) is 2. The highest BCUT2D eigenvalue weighted by Gasteiger charge is 2.61. The van der Waals surface area contributed by atoms with Crippen molar-refractivity contribution in [2.45, 2.75) is 19.3 Å². The monoisotopic (exact) mass is 344 g/mol. The van der Waals surface area contributed by atoms with E-state index in [1.807, 2.05) is 0 Å². The summed E-state index contributed by atoms with van der Waals surface area (Å²) in [6, 6.07) is 3.48. The van der Waals surface area contributed by atoms with Gasteiger partial charge >= 0.3 is 5.97 Å². The third kappa shape index (κ3) is 2.09. The Morgan fingerprint density at radius 1 is 1.20 bits per heavy atom. The van der Waals surface area contributed by atoms with Gasteiger partial charge in [-0.05, 0) is 37.2 Å². The molecule has 1 aromatic carbocycles. The summed E-state index contributed by atoms with van der Waals surface area (Å²) < 4.78 is 4.70. The summed E-state index contributed by atoms with van der Waals surface area (Å²) in [6.45, 7) is 0. The highest BCUT2D eigenvalue weighted by molar-refractivity contribution is 6.24. The number of fused-ring (bicyclic) bond motifs is 5. The Morgan fingerprint density at radius 2 is 1.80 bits per heavy atom. The normalized spacial score (nSPS) is 29.9. The zero-order valence-electron chi connectivity index (χ0n) is 13.5. The number of rotatable bonds is 3. The van der Waals surface area contributed by atoms with Gasteiger partial charge in [0.05, 0.1) is 35.1 Å². The van der Waals surface area contributed by atoms with Gasteiger partial charge in [0, 0.05) is 12.1 Å². The number of carbonyl (C=O) groups excluding carboxylic acids is 3. The van der Waals surface area contributed by atoms with Crippen molar-refractivity contribution in [3.05, 3.63) is 33.9 Å². The number of anilines is 1. The third-order valence-electron chi connectivity index (χ3n) is 5.77. The van der Waals surface area contributed by atoms with Crippen LogP contribution in [-0.4, -0.2) is 29.8 Å². The summed E-state index contributed by atoms with van der Waals surface area (Å²) in [7, 11) is 1.18. The summed E-state index contributed by atoms with van der Waals surface area (Å²) in [5.41, 5.74) is -0.366. The van der Waals surface area contributed by atoms with E-state index >= 15 is 0 Å². The molecule has 0 spiro atoms. The largest absolute Gasteiger partial charge is 0.465 e. The van der Waals surface area contributed by atoms with Gasteiger partial charge in [-0.15, -0.1) is 0 Å². The predicted octanol–water partition coefficient (Wildman–Crippen LogP) is 1.92. The fraction of sp³-hybridized carbons (Fsp3) is 0.471. The molecule has 3 aliphatic rings. The number of hydrogen-bond acceptors (Lipinski definition) is 6. The Kier molecular flexibility index (Phi) is 3.38. The number of ether oxygens (including phenoxy) is 1. The highest BCUT2D eigenvalue weighted by atomic mass is 16.6. The number of benzene rings is 1. The third-order valence-corrected chi connectivity index (χ3v) is 5.77. The van der Waals surface area contributed by atoms with Gasteiger partial charge in [0.2, 0.25) is 11.8 Å². The van der Waals surface area contributed by atoms with Crippen LogP contribution in [-0.2, 0) is 14.3 Å². The second kappa shape index (κ2) is 5.37. The van der Waals surface area contributed by atoms with Crippen LogP contribution in [0.1, 0.15) is 29.6 Å². The molecule has 2 amide bonds. The van der Waals surface area contributed by atoms with Crippen molar-refractivity contribution in [1.29, 1.82) is 0 Å². The average Bonchev–Trinajstić information content (AvgIpc) is 3.27. The minimum atomic E-state index is -0.745. The van der Waals surface area contributed by atoms with Crippen LogP contribution in [0.5, 0.6) is 0 Å². The van der Waals surface area contributed by atoms with Crippen LogP contribution in [0.2, 0.25) is 0 Å². The fourth-order valence-corrected chi connectivity index (χ4v) is 4.75. The molecule has 0 aromatic heterocycles. The van der Waals surface area contributed by atoms with Crippen molar-refractivity contribution in [3.8, 4) is 0 Å². The number of hydrogen-bond donors (Lipinski definition) is 0. The molecule has 2 bridgehead atoms. The van der Waals surface area contributed by atoms with Crippen LogP contribution in [0.4, 0.5) is 11.4 Å². The van der Waals surface area contributed by atoms with E-state index in [1.165, 1.54) is 13.2 Å². The molecule has 0 unspecified atom stereocenters. The molecule has 1 heterocycles. The quantitative estimate of drug-likeness (QED) is 0.359. The average molecular weight is 344 g/mol. The van der Waals surface area contributed by atoms with Crippen LogP contribution in [0.15, 0.2) is 18.2 Å². The van der Waals surface area contributed by atoms with E-state index in [2.05, 4.69) is 0 Å². The van der Waals surface area contributed by atoms with Crippen molar-refractivity contribution in [1.82, 2.24) is 0 Å². The molecule has 2 aliphatic carbocycles. The summed E-state index contributed by atoms with van der Waals surface area (Å²) in [5.74, 6) is -1.80. The number of nitro benzene ring substituents is 1. The zero-order chi connectivity index (χ0) is 17.9. The second-order valence-corrected chi connectivity index (χ2v) is 6.85. The number of non-ortho nitro benzene ring substituents is 1. The molecule has 25 heavy (non-hydrogen) atoms. The molecule has 1 saturated heterocycles. The van der Waals surface area contributed by atoms with Gasteiger partial charge in [-0.3, -0.25) is 19.7 Å². The van der Waals surface area contributed by atoms with E-state index in [9.17, 15) is 24.5 Å². The van der Waals surface area contributed by atoms with Crippen molar-refractivity contribution < 1.29 is 24.0 Å². The number of esters is 1. The van der Waals surface area contributed by atoms with E-state index in [1.54, 1.807) is 0 Å². The predicted molar refractivity (Wildman–Crippen MR) is 84.7 cm³/mol. The first-order valence-electron chi connectivity index (χ1n) is 8.18. The summed E-state index contributed by atoms with van der Waals surface area (Å²) >= 11 is 0. The van der Waals surface area contributed by atoms with Gasteiger partial charge in [0.25, 0.3) is 5.69 Å². The van der Waals surface area contributed by atoms with E-state index in [-0.39, 0.29) is 52.4 Å². The van der Waals surface area contributed by atoms with Gasteiger partial charge in [-0.2, -0.15) is 0 Å². The lowest BCUT2D eigenvalue weighted by Crippen LogP contribution is -2.34. The van der Waals surface area contributed by atoms with E-state index in [4.69, 9.17) is 4.74 Å². The van der Waals surface area contributed by atoms with Crippen LogP contribution in [0.25, 0.3) is 0 Å². The Morgan fingerprint density at radius 3 is 2.32 bits per heavy atom. The molecule has 1 aromatic rings. The van der Waals surface area contributed by atoms with Crippen molar-refractivity contribution in [2.75, 3.05) is 12.0 Å². The van der Waals surface area contributed by atoms with E-state index in [0.717, 1.165) is 36.3 Å². The number of imide groups is 1. The molecule has 2 saturated carbocycles. The smallest absolute Gasteiger partial charge is 0.340 e. The molecule has 0 N–H and O–H groups in total. The van der Waals surface area contributed by atoms with Gasteiger partial charge < -0.3 is 4.74 Å². The molecular weight excluding hydrogens is 328 g/mol. The Hall–Kier alpha value is -2.77. The minimum Gasteiger partial charge on any atom is -0.465 e. The highest BCUT2D eigenvalue weighted by Crippen LogP contribution is 2.56. The lowest BCUT2D eigenvalue weighted by Gasteiger charge is -2.19. The van der Waals surface area contributed by atoms with Crippen LogP contribution < -0.4 is 4.90 Å². The minimum absolute atomic E-state index is 0.0258. The first-order valence-corrected chi connectivity index (χ1v) is 8.18. The topological polar surface area (TPSA) is 107 Å². The number of carbonyl (C=O) groups is 3. The lowest BCUT2D eigenvalue weighted by atomic mass is 9.81. The van der Waals surface area contributed by atoms with Crippen molar-refractivity contribution in [3.63, 3.8) is 0 Å². The van der Waals surface area contributed by atoms with Crippen LogP contribution in [0, 0.1) is 33.8 Å². The molecule has 1 aliphatic heterocycles. The second-order valence-electron chi connectivity index (χ2n) is 6.85. The van der Waals surface area contributed by atoms with Gasteiger partial charge in [0.15, 0.2) is 0 Å². The molecule has 4 rings (SSSR count). The van der Waals surface area contributed by atoms with Crippen molar-refractivity contribution in [2.24, 2.45) is 23.7 Å². The number of nitro groups is 1. The van der Waals surface area contributed by atoms with Crippen LogP contribution in [0.3, 0.4) is 0 Å². The maximum atomic E-state index is 12.9. The number of amides is 2. The van der Waals surface area contributed by atoms with Gasteiger partial charge in [-0.1, -0.05) is 0 Å². The van der Waals surface area contributed by atoms with E-state index < -0.39 is 10.9 Å². The Balaban J connectivity index is 1.82. The standard InChI is InChI=1S/C17H16N2O6/c1-25-17(22)11-5-4-10(19(23)24)7-12(11)18-15(20)13-8-2-3-9(6-8)14(13)16(18)21/h4-5,7-9,13-14H,2-3,6H2,1H3/t8-,9-,13-,14+/m0/s1. The lowest BCUT2D eigenvalue weighted by molar-refractivity contribution is -0.384. The Bertz CT molecular complexity index is 791. The van der Waals surface area contributed by atoms with Gasteiger partial charge in [-0.25, -0.2) is 9.69 Å². The SMILES string of the molecule is COC(=O)c1ccc([N+](=O)[O-])cc1N1C(=O)[C@@H]2[C@H]3CC[C@@H](C3)[C@@H]2C1=O. The summed E-state index contributed by atoms with van der Waals surface area (Å²) in [6.07, 6.45) is 2.74. The molecule has 0 radical (unpaired) electrons. The summed E-state index contributed by atoms with van der Waals surface area (Å²) in [5, 5.41) is 11.1. The first kappa shape index (κ1) is 15.7. The maximum absolute atomic E-state index is 12.9. The molecule has 4 atom stereocenters. The van der Waals surface area contributed by atoms with Gasteiger partial charge in [0.1, 0.15) is 0 Å². The zero-order valence-corrected chi connectivity index (χ0v) is 13.5. The Labute approximate surface area is 142 Å². The number of methoxy groups -OCH3 is 1. The molecule has 8 heteroatoms. The molecule has 3 fully saturated rings. The maximum Gasteiger partial charge on any atom is 0.340 e. The first-order chi connectivity index (χ1) is 11.9. The van der Waals surface area contributed by atoms with Crippen molar-refractivity contribution >= 4 is 29.2 Å². The molecular formula is C17H16N2O6. The van der Waals surface area contributed by atoms with Crippen LogP contribution >= 0.6 is 0 Å². The van der Waals surface area contributed by atoms with E-state index in [0.29, 0.717) is 0 Å². The molecule has 8 nitrogen and oxygen atoms in total.